The summed E-state index contributed by atoms with van der Waals surface area (Å²) in [5.41, 5.74) is 3.95. The molecule has 0 aromatic heterocycles. The zero-order valence-electron chi connectivity index (χ0n) is 15.4. The quantitative estimate of drug-likeness (QED) is 0.880. The van der Waals surface area contributed by atoms with E-state index in [1.807, 2.05) is 26.0 Å². The van der Waals surface area contributed by atoms with Gasteiger partial charge in [-0.25, -0.2) is 4.39 Å². The second kappa shape index (κ2) is 7.58. The minimum Gasteiger partial charge on any atom is -0.348 e. The smallest absolute Gasteiger partial charge is 0.256 e. The lowest BCUT2D eigenvalue weighted by Crippen LogP contribution is -2.31. The number of nitrogens with one attached hydrogen (secondary N) is 1. The van der Waals surface area contributed by atoms with Gasteiger partial charge in [0.2, 0.25) is 0 Å². The van der Waals surface area contributed by atoms with Crippen molar-refractivity contribution in [3.05, 3.63) is 88.9 Å². The Kier molecular flexibility index (Phi) is 5.21. The van der Waals surface area contributed by atoms with Crippen molar-refractivity contribution >= 4 is 17.4 Å². The lowest BCUT2D eigenvalue weighted by molar-refractivity contribution is -0.124. The van der Waals surface area contributed by atoms with Crippen molar-refractivity contribution in [1.82, 2.24) is 10.2 Å². The molecular weight excluding hydrogens is 343 g/mol. The molecule has 2 aromatic carbocycles. The van der Waals surface area contributed by atoms with Crippen LogP contribution in [0.2, 0.25) is 0 Å². The predicted molar refractivity (Wildman–Crippen MR) is 103 cm³/mol. The van der Waals surface area contributed by atoms with Gasteiger partial charge in [0.25, 0.3) is 11.8 Å². The van der Waals surface area contributed by atoms with E-state index in [0.717, 1.165) is 5.56 Å². The molecule has 1 aliphatic rings. The van der Waals surface area contributed by atoms with Crippen molar-refractivity contribution in [2.24, 2.45) is 0 Å². The first kappa shape index (κ1) is 18.6. The zero-order valence-corrected chi connectivity index (χ0v) is 15.4. The van der Waals surface area contributed by atoms with Gasteiger partial charge in [-0.1, -0.05) is 36.4 Å². The molecule has 0 aliphatic carbocycles. The fourth-order valence-corrected chi connectivity index (χ4v) is 3.13. The van der Waals surface area contributed by atoms with Crippen LogP contribution in [0.15, 0.2) is 66.4 Å². The number of amides is 2. The van der Waals surface area contributed by atoms with E-state index in [4.69, 9.17) is 0 Å². The molecule has 0 atom stereocenters. The number of likely N-dealkylation sites (N-methyl/N-ethyl adjacent to an activating group) is 1. The molecule has 0 spiro atoms. The molecule has 0 fully saturated rings. The van der Waals surface area contributed by atoms with E-state index in [1.165, 1.54) is 12.1 Å². The summed E-state index contributed by atoms with van der Waals surface area (Å²) in [6.07, 6.45) is 0. The molecule has 4 nitrogen and oxygen atoms in total. The normalized spacial score (nSPS) is 14.1. The van der Waals surface area contributed by atoms with Crippen molar-refractivity contribution in [1.29, 1.82) is 0 Å². The van der Waals surface area contributed by atoms with Crippen molar-refractivity contribution < 1.29 is 14.0 Å². The fraction of sp³-hybridized carbons (Fsp3) is 0.182. The van der Waals surface area contributed by atoms with Gasteiger partial charge in [0.15, 0.2) is 0 Å². The van der Waals surface area contributed by atoms with E-state index in [1.54, 1.807) is 29.2 Å². The Bertz CT molecular complexity index is 928. The Hall–Kier alpha value is -3.21. The van der Waals surface area contributed by atoms with E-state index in [9.17, 15) is 14.0 Å². The van der Waals surface area contributed by atoms with Gasteiger partial charge in [-0.15, -0.1) is 0 Å². The molecule has 2 aromatic rings. The molecule has 0 saturated heterocycles. The summed E-state index contributed by atoms with van der Waals surface area (Å²) < 4.78 is 13.3. The van der Waals surface area contributed by atoms with Gasteiger partial charge in [-0.2, -0.15) is 0 Å². The molecule has 1 N–H and O–H groups in total. The Labute approximate surface area is 158 Å². The van der Waals surface area contributed by atoms with Crippen LogP contribution in [0.1, 0.15) is 28.4 Å². The maximum absolute atomic E-state index is 13.3. The molecule has 5 heteroatoms. The molecule has 0 bridgehead atoms. The van der Waals surface area contributed by atoms with Crippen molar-refractivity contribution in [3.8, 4) is 0 Å². The van der Waals surface area contributed by atoms with Gasteiger partial charge in [-0.05, 0) is 43.7 Å². The largest absolute Gasteiger partial charge is 0.348 e. The third-order valence-corrected chi connectivity index (χ3v) is 4.61. The van der Waals surface area contributed by atoms with Gasteiger partial charge in [0.1, 0.15) is 5.82 Å². The van der Waals surface area contributed by atoms with Crippen LogP contribution in [0.25, 0.3) is 5.57 Å². The summed E-state index contributed by atoms with van der Waals surface area (Å²) in [5.74, 6) is -0.795. The number of hydrogen-bond acceptors (Lipinski definition) is 2. The first-order valence-electron chi connectivity index (χ1n) is 8.77. The summed E-state index contributed by atoms with van der Waals surface area (Å²) in [7, 11) is 0. The van der Waals surface area contributed by atoms with E-state index in [-0.39, 0.29) is 24.2 Å². The van der Waals surface area contributed by atoms with Crippen LogP contribution >= 0.6 is 0 Å². The zero-order chi connectivity index (χ0) is 19.6. The van der Waals surface area contributed by atoms with Crippen LogP contribution < -0.4 is 5.32 Å². The highest BCUT2D eigenvalue weighted by atomic mass is 19.1. The van der Waals surface area contributed by atoms with Gasteiger partial charge >= 0.3 is 0 Å². The van der Waals surface area contributed by atoms with Gasteiger partial charge in [-0.3, -0.25) is 9.59 Å². The van der Waals surface area contributed by atoms with Gasteiger partial charge in [0, 0.05) is 35.5 Å². The summed E-state index contributed by atoms with van der Waals surface area (Å²) in [6, 6.07) is 13.1. The summed E-state index contributed by atoms with van der Waals surface area (Å²) in [6.45, 7) is 8.38. The van der Waals surface area contributed by atoms with Crippen molar-refractivity contribution in [3.63, 3.8) is 0 Å². The van der Waals surface area contributed by atoms with E-state index in [2.05, 4.69) is 11.9 Å². The SMILES string of the molecule is C=C1C(c2ccc(F)cc2)=C(CNC(=O)c2ccc(C)cc2)C(=O)N1CC. The number of hydrogen-bond donors (Lipinski definition) is 1. The maximum atomic E-state index is 13.3. The molecule has 2 amide bonds. The number of carbonyl (C=O) groups is 2. The highest BCUT2D eigenvalue weighted by Gasteiger charge is 2.33. The topological polar surface area (TPSA) is 49.4 Å². The molecule has 3 rings (SSSR count). The lowest BCUT2D eigenvalue weighted by atomic mass is 10.00. The first-order chi connectivity index (χ1) is 12.9. The highest BCUT2D eigenvalue weighted by molar-refractivity contribution is 6.12. The number of benzene rings is 2. The number of rotatable bonds is 5. The number of nitrogens with zero attached hydrogens (tertiary/aromatic N) is 1. The van der Waals surface area contributed by atoms with E-state index < -0.39 is 0 Å². The summed E-state index contributed by atoms with van der Waals surface area (Å²) in [5, 5.41) is 2.81. The monoisotopic (exact) mass is 364 g/mol. The number of halogens is 1. The van der Waals surface area contributed by atoms with E-state index in [0.29, 0.717) is 34.5 Å². The molecule has 0 radical (unpaired) electrons. The highest BCUT2D eigenvalue weighted by Crippen LogP contribution is 2.35. The second-order valence-corrected chi connectivity index (χ2v) is 6.41. The lowest BCUT2D eigenvalue weighted by Gasteiger charge is -2.16. The Morgan fingerprint density at radius 3 is 2.33 bits per heavy atom. The van der Waals surface area contributed by atoms with Crippen LogP contribution in [0.3, 0.4) is 0 Å². The Balaban J connectivity index is 1.89. The fourth-order valence-electron chi connectivity index (χ4n) is 3.13. The molecule has 0 saturated carbocycles. The van der Waals surface area contributed by atoms with Crippen LogP contribution in [0.5, 0.6) is 0 Å². The van der Waals surface area contributed by atoms with Crippen LogP contribution in [-0.2, 0) is 4.79 Å². The Morgan fingerprint density at radius 1 is 1.11 bits per heavy atom. The van der Waals surface area contributed by atoms with Crippen molar-refractivity contribution in [2.75, 3.05) is 13.1 Å². The van der Waals surface area contributed by atoms with Crippen LogP contribution in [-0.4, -0.2) is 29.8 Å². The number of aryl methyl sites for hydroxylation is 1. The molecular formula is C22H21FN2O2. The third kappa shape index (κ3) is 3.67. The van der Waals surface area contributed by atoms with Crippen molar-refractivity contribution in [2.45, 2.75) is 13.8 Å². The first-order valence-corrected chi connectivity index (χ1v) is 8.77. The summed E-state index contributed by atoms with van der Waals surface area (Å²) >= 11 is 0. The van der Waals surface area contributed by atoms with Gasteiger partial charge in [0.05, 0.1) is 0 Å². The number of carbonyl (C=O) groups excluding carboxylic acids is 2. The molecule has 27 heavy (non-hydrogen) atoms. The molecule has 0 unspecified atom stereocenters. The molecule has 138 valence electrons. The van der Waals surface area contributed by atoms with Crippen LogP contribution in [0, 0.1) is 12.7 Å². The van der Waals surface area contributed by atoms with Gasteiger partial charge < -0.3 is 10.2 Å². The standard InChI is InChI=1S/C22H21FN2O2/c1-4-25-15(3)20(16-9-11-18(23)12-10-16)19(22(25)27)13-24-21(26)17-7-5-14(2)6-8-17/h5-12H,3-4,13H2,1-2H3,(H,24,26). The molecule has 1 heterocycles. The minimum absolute atomic E-state index is 0.0772. The summed E-state index contributed by atoms with van der Waals surface area (Å²) in [4.78, 5) is 26.7. The predicted octanol–water partition coefficient (Wildman–Crippen LogP) is 3.69. The third-order valence-electron chi connectivity index (χ3n) is 4.61. The average molecular weight is 364 g/mol. The minimum atomic E-state index is -0.351. The maximum Gasteiger partial charge on any atom is 0.256 e. The number of allylic oxidation sites excluding steroid dienone is 1. The van der Waals surface area contributed by atoms with Crippen LogP contribution in [0.4, 0.5) is 4.39 Å². The second-order valence-electron chi connectivity index (χ2n) is 6.41. The molecule has 1 aliphatic heterocycles. The average Bonchev–Trinajstić information content (AvgIpc) is 2.90. The van der Waals surface area contributed by atoms with E-state index >= 15 is 0 Å². The Morgan fingerprint density at radius 2 is 1.74 bits per heavy atom.